The van der Waals surface area contributed by atoms with Crippen molar-refractivity contribution in [2.24, 2.45) is 23.5 Å². The zero-order valence-electron chi connectivity index (χ0n) is 13.4. The lowest BCUT2D eigenvalue weighted by molar-refractivity contribution is -0.135. The van der Waals surface area contributed by atoms with Crippen molar-refractivity contribution in [1.82, 2.24) is 5.32 Å². The number of carbonyl (C=O) groups excluding carboxylic acids is 2. The Kier molecular flexibility index (Phi) is 6.03. The molecule has 1 aliphatic carbocycles. The highest BCUT2D eigenvalue weighted by Gasteiger charge is 2.36. The van der Waals surface area contributed by atoms with Gasteiger partial charge in [-0.25, -0.2) is 0 Å². The quantitative estimate of drug-likeness (QED) is 0.753. The molecule has 0 aliphatic heterocycles. The second-order valence-corrected chi connectivity index (χ2v) is 7.18. The number of hydrogen-bond donors (Lipinski definition) is 2. The van der Waals surface area contributed by atoms with E-state index in [2.05, 4.69) is 5.32 Å². The van der Waals surface area contributed by atoms with Gasteiger partial charge in [-0.3, -0.25) is 9.59 Å². The summed E-state index contributed by atoms with van der Waals surface area (Å²) in [6.07, 6.45) is 5.97. The number of hydrogen-bond acceptors (Lipinski definition) is 2. The summed E-state index contributed by atoms with van der Waals surface area (Å²) in [7, 11) is 0. The third-order valence-corrected chi connectivity index (χ3v) is 4.10. The number of primary amides is 1. The zero-order valence-corrected chi connectivity index (χ0v) is 13.4. The Morgan fingerprint density at radius 1 is 1.25 bits per heavy atom. The van der Waals surface area contributed by atoms with Gasteiger partial charge in [0.1, 0.15) is 0 Å². The maximum Gasteiger partial charge on any atom is 0.224 e. The molecule has 3 N–H and O–H groups in total. The maximum atomic E-state index is 12.5. The largest absolute Gasteiger partial charge is 0.369 e. The summed E-state index contributed by atoms with van der Waals surface area (Å²) in [6.45, 7) is 7.91. The van der Waals surface area contributed by atoms with Crippen LogP contribution in [0.25, 0.3) is 0 Å². The third kappa shape index (κ3) is 5.14. The first kappa shape index (κ1) is 17.0. The molecule has 1 saturated carbocycles. The van der Waals surface area contributed by atoms with E-state index in [1.807, 2.05) is 27.7 Å². The number of rotatable bonds is 7. The molecule has 20 heavy (non-hydrogen) atoms. The van der Waals surface area contributed by atoms with Crippen LogP contribution in [0, 0.1) is 17.8 Å². The molecule has 1 rings (SSSR count). The molecule has 1 aliphatic rings. The molecule has 116 valence electrons. The summed E-state index contributed by atoms with van der Waals surface area (Å²) in [5, 5.41) is 3.02. The first-order valence-corrected chi connectivity index (χ1v) is 7.86. The summed E-state index contributed by atoms with van der Waals surface area (Å²) < 4.78 is 0. The van der Waals surface area contributed by atoms with Crippen LogP contribution in [-0.2, 0) is 9.59 Å². The lowest BCUT2D eigenvalue weighted by atomic mass is 9.73. The lowest BCUT2D eigenvalue weighted by Crippen LogP contribution is -2.48. The number of nitrogens with two attached hydrogens (primary N) is 1. The average molecular weight is 282 g/mol. The minimum atomic E-state index is -0.333. The summed E-state index contributed by atoms with van der Waals surface area (Å²) in [5.41, 5.74) is 5.27. The molecule has 0 saturated heterocycles. The predicted octanol–water partition coefficient (Wildman–Crippen LogP) is 2.61. The molecule has 1 unspecified atom stereocenters. The van der Waals surface area contributed by atoms with Gasteiger partial charge in [-0.1, -0.05) is 32.6 Å². The van der Waals surface area contributed by atoms with Crippen molar-refractivity contribution >= 4 is 11.8 Å². The molecule has 0 radical (unpaired) electrons. The van der Waals surface area contributed by atoms with Crippen molar-refractivity contribution in [2.45, 2.75) is 71.8 Å². The van der Waals surface area contributed by atoms with E-state index in [0.29, 0.717) is 12.3 Å². The third-order valence-electron chi connectivity index (χ3n) is 4.10. The van der Waals surface area contributed by atoms with E-state index in [1.165, 1.54) is 19.3 Å². The fraction of sp³-hybridized carbons (Fsp3) is 0.875. The first-order chi connectivity index (χ1) is 9.24. The molecule has 4 heteroatoms. The van der Waals surface area contributed by atoms with E-state index in [4.69, 9.17) is 5.73 Å². The van der Waals surface area contributed by atoms with Crippen LogP contribution in [0.4, 0.5) is 0 Å². The van der Waals surface area contributed by atoms with Crippen LogP contribution >= 0.6 is 0 Å². The van der Waals surface area contributed by atoms with Crippen molar-refractivity contribution in [1.29, 1.82) is 0 Å². The van der Waals surface area contributed by atoms with Crippen LogP contribution in [0.2, 0.25) is 0 Å². The number of nitrogens with one attached hydrogen (secondary N) is 1. The van der Waals surface area contributed by atoms with E-state index in [9.17, 15) is 9.59 Å². The van der Waals surface area contributed by atoms with Gasteiger partial charge in [0.15, 0.2) is 0 Å². The highest BCUT2D eigenvalue weighted by atomic mass is 16.2. The fourth-order valence-corrected chi connectivity index (χ4v) is 2.86. The van der Waals surface area contributed by atoms with Gasteiger partial charge in [0.05, 0.1) is 0 Å². The van der Waals surface area contributed by atoms with Crippen molar-refractivity contribution in [2.75, 3.05) is 0 Å². The van der Waals surface area contributed by atoms with E-state index in [1.54, 1.807) is 0 Å². The highest BCUT2D eigenvalue weighted by molar-refractivity contribution is 5.87. The predicted molar refractivity (Wildman–Crippen MR) is 80.9 cm³/mol. The van der Waals surface area contributed by atoms with Gasteiger partial charge in [-0.05, 0) is 39.5 Å². The van der Waals surface area contributed by atoms with E-state index in [0.717, 1.165) is 12.8 Å². The van der Waals surface area contributed by atoms with Gasteiger partial charge in [0.25, 0.3) is 0 Å². The van der Waals surface area contributed by atoms with Crippen molar-refractivity contribution in [3.63, 3.8) is 0 Å². The van der Waals surface area contributed by atoms with Gasteiger partial charge < -0.3 is 11.1 Å². The zero-order chi connectivity index (χ0) is 15.3. The van der Waals surface area contributed by atoms with E-state index < -0.39 is 0 Å². The summed E-state index contributed by atoms with van der Waals surface area (Å²) in [6, 6.07) is 0. The highest BCUT2D eigenvalue weighted by Crippen LogP contribution is 2.36. The minimum absolute atomic E-state index is 0.0124. The van der Waals surface area contributed by atoms with E-state index in [-0.39, 0.29) is 29.2 Å². The molecule has 0 aromatic heterocycles. The molecule has 0 aromatic rings. The lowest BCUT2D eigenvalue weighted by Gasteiger charge is -2.34. The van der Waals surface area contributed by atoms with Crippen LogP contribution in [0.1, 0.15) is 66.2 Å². The van der Waals surface area contributed by atoms with Crippen LogP contribution in [-0.4, -0.2) is 17.4 Å². The minimum Gasteiger partial charge on any atom is -0.369 e. The fourth-order valence-electron chi connectivity index (χ4n) is 2.86. The van der Waals surface area contributed by atoms with Crippen molar-refractivity contribution in [3.05, 3.63) is 0 Å². The summed E-state index contributed by atoms with van der Waals surface area (Å²) in [5.74, 6) is -0.355. The van der Waals surface area contributed by atoms with Crippen LogP contribution in [0.3, 0.4) is 0 Å². The standard InChI is InChI=1S/C16H30N2O2/c1-5-7-12(14(17)19)13(10-11-8-6-9-11)15(20)18-16(2,3)4/h11-13H,5-10H2,1-4H3,(H2,17,19)(H,18,20)/t12-,13?/m0/s1. The van der Waals surface area contributed by atoms with E-state index >= 15 is 0 Å². The van der Waals surface area contributed by atoms with Crippen LogP contribution in [0.5, 0.6) is 0 Å². The van der Waals surface area contributed by atoms with Crippen LogP contribution < -0.4 is 11.1 Å². The molecule has 0 spiro atoms. The molecule has 2 amide bonds. The second kappa shape index (κ2) is 7.09. The summed E-state index contributed by atoms with van der Waals surface area (Å²) in [4.78, 5) is 24.3. The first-order valence-electron chi connectivity index (χ1n) is 7.86. The van der Waals surface area contributed by atoms with Gasteiger partial charge in [-0.15, -0.1) is 0 Å². The second-order valence-electron chi connectivity index (χ2n) is 7.18. The Balaban J connectivity index is 2.81. The maximum absolute atomic E-state index is 12.5. The smallest absolute Gasteiger partial charge is 0.224 e. The van der Waals surface area contributed by atoms with Crippen LogP contribution in [0.15, 0.2) is 0 Å². The monoisotopic (exact) mass is 282 g/mol. The molecular formula is C16H30N2O2. The topological polar surface area (TPSA) is 72.2 Å². The van der Waals surface area contributed by atoms with Gasteiger partial charge in [-0.2, -0.15) is 0 Å². The SMILES string of the molecule is CCC[C@H](C(N)=O)C(CC1CCC1)C(=O)NC(C)(C)C. The van der Waals surface area contributed by atoms with Gasteiger partial charge >= 0.3 is 0 Å². The Morgan fingerprint density at radius 3 is 2.20 bits per heavy atom. The molecule has 4 nitrogen and oxygen atoms in total. The number of amides is 2. The number of carbonyl (C=O) groups is 2. The Labute approximate surface area is 122 Å². The molecule has 0 aromatic carbocycles. The van der Waals surface area contributed by atoms with Gasteiger partial charge in [0.2, 0.25) is 11.8 Å². The molecule has 0 bridgehead atoms. The summed E-state index contributed by atoms with van der Waals surface area (Å²) >= 11 is 0. The van der Waals surface area contributed by atoms with Crippen molar-refractivity contribution < 1.29 is 9.59 Å². The average Bonchev–Trinajstić information content (AvgIpc) is 2.22. The van der Waals surface area contributed by atoms with Gasteiger partial charge in [0, 0.05) is 17.4 Å². The normalized spacial score (nSPS) is 19.0. The molecule has 1 fully saturated rings. The molecular weight excluding hydrogens is 252 g/mol. The Bertz CT molecular complexity index is 343. The molecule has 0 heterocycles. The molecule has 2 atom stereocenters. The van der Waals surface area contributed by atoms with Crippen molar-refractivity contribution in [3.8, 4) is 0 Å². The Morgan fingerprint density at radius 2 is 1.85 bits per heavy atom. The Hall–Kier alpha value is -1.06.